The van der Waals surface area contributed by atoms with Crippen LogP contribution in [0.2, 0.25) is 5.02 Å². The molecule has 0 aliphatic carbocycles. The molecule has 0 fully saturated rings. The lowest BCUT2D eigenvalue weighted by Crippen LogP contribution is -2.35. The number of halogens is 2. The van der Waals surface area contributed by atoms with E-state index >= 15 is 0 Å². The Bertz CT molecular complexity index is 611. The molecule has 0 atom stereocenters. The van der Waals surface area contributed by atoms with Crippen LogP contribution in [0.1, 0.15) is 26.5 Å². The standard InChI is InChI=1S/C15H17BrClN3O/c1-15(2,3)18-9-11-5-7-14(20-19-11)21-13-6-4-10(16)8-12(13)17/h4-8,18H,9H2,1-3H3. The van der Waals surface area contributed by atoms with Gasteiger partial charge in [0.15, 0.2) is 0 Å². The second kappa shape index (κ2) is 6.73. The number of nitrogens with zero attached hydrogens (tertiary/aromatic N) is 2. The first-order chi connectivity index (χ1) is 9.83. The summed E-state index contributed by atoms with van der Waals surface area (Å²) in [5.74, 6) is 0.966. The second-order valence-corrected chi connectivity index (χ2v) is 6.97. The normalized spacial score (nSPS) is 11.5. The Morgan fingerprint density at radius 1 is 1.19 bits per heavy atom. The van der Waals surface area contributed by atoms with E-state index in [4.69, 9.17) is 16.3 Å². The molecule has 1 aromatic heterocycles. The molecule has 6 heteroatoms. The van der Waals surface area contributed by atoms with Crippen LogP contribution in [0.3, 0.4) is 0 Å². The van der Waals surface area contributed by atoms with Crippen LogP contribution in [-0.4, -0.2) is 15.7 Å². The fourth-order valence-electron chi connectivity index (χ4n) is 1.52. The Kier molecular flexibility index (Phi) is 5.19. The SMILES string of the molecule is CC(C)(C)NCc1ccc(Oc2ccc(Br)cc2Cl)nn1. The monoisotopic (exact) mass is 369 g/mol. The third kappa shape index (κ3) is 5.26. The van der Waals surface area contributed by atoms with E-state index in [-0.39, 0.29) is 5.54 Å². The molecule has 21 heavy (non-hydrogen) atoms. The van der Waals surface area contributed by atoms with Crippen molar-refractivity contribution in [2.24, 2.45) is 0 Å². The minimum atomic E-state index is 0.0435. The van der Waals surface area contributed by atoms with Crippen molar-refractivity contribution in [1.29, 1.82) is 0 Å². The van der Waals surface area contributed by atoms with E-state index in [0.717, 1.165) is 10.2 Å². The van der Waals surface area contributed by atoms with Gasteiger partial charge in [-0.1, -0.05) is 27.5 Å². The summed E-state index contributed by atoms with van der Waals surface area (Å²) >= 11 is 9.45. The fourth-order valence-corrected chi connectivity index (χ4v) is 2.23. The van der Waals surface area contributed by atoms with Crippen LogP contribution < -0.4 is 10.1 Å². The summed E-state index contributed by atoms with van der Waals surface area (Å²) in [6.07, 6.45) is 0. The van der Waals surface area contributed by atoms with Gasteiger partial charge in [0.25, 0.3) is 0 Å². The third-order valence-electron chi connectivity index (χ3n) is 2.60. The van der Waals surface area contributed by atoms with E-state index in [1.807, 2.05) is 12.1 Å². The molecule has 0 spiro atoms. The van der Waals surface area contributed by atoms with E-state index in [1.165, 1.54) is 0 Å². The number of aromatic nitrogens is 2. The summed E-state index contributed by atoms with van der Waals surface area (Å²) in [4.78, 5) is 0. The van der Waals surface area contributed by atoms with Gasteiger partial charge in [-0.2, -0.15) is 5.10 Å². The average Bonchev–Trinajstić information content (AvgIpc) is 2.40. The molecule has 0 radical (unpaired) electrons. The number of hydrogen-bond acceptors (Lipinski definition) is 4. The molecular weight excluding hydrogens is 354 g/mol. The molecule has 0 aliphatic rings. The predicted octanol–water partition coefficient (Wildman–Crippen LogP) is 4.57. The van der Waals surface area contributed by atoms with Crippen LogP contribution in [0, 0.1) is 0 Å². The highest BCUT2D eigenvalue weighted by molar-refractivity contribution is 9.10. The molecule has 0 amide bonds. The highest BCUT2D eigenvalue weighted by Gasteiger charge is 2.10. The van der Waals surface area contributed by atoms with Gasteiger partial charge in [-0.05, 0) is 45.0 Å². The van der Waals surface area contributed by atoms with Crippen LogP contribution in [0.5, 0.6) is 11.6 Å². The van der Waals surface area contributed by atoms with E-state index in [1.54, 1.807) is 18.2 Å². The molecule has 0 bridgehead atoms. The molecule has 0 aliphatic heterocycles. The minimum absolute atomic E-state index is 0.0435. The van der Waals surface area contributed by atoms with E-state index in [9.17, 15) is 0 Å². The van der Waals surface area contributed by atoms with Crippen LogP contribution in [-0.2, 0) is 6.54 Å². The van der Waals surface area contributed by atoms with Crippen molar-refractivity contribution in [3.8, 4) is 11.6 Å². The van der Waals surface area contributed by atoms with Crippen LogP contribution in [0.25, 0.3) is 0 Å². The Morgan fingerprint density at radius 2 is 1.95 bits per heavy atom. The Morgan fingerprint density at radius 3 is 2.52 bits per heavy atom. The van der Waals surface area contributed by atoms with Gasteiger partial charge < -0.3 is 10.1 Å². The summed E-state index contributed by atoms with van der Waals surface area (Å²) < 4.78 is 6.52. The van der Waals surface area contributed by atoms with Crippen molar-refractivity contribution >= 4 is 27.5 Å². The first-order valence-corrected chi connectivity index (χ1v) is 7.71. The topological polar surface area (TPSA) is 47.0 Å². The highest BCUT2D eigenvalue weighted by atomic mass is 79.9. The van der Waals surface area contributed by atoms with Crippen LogP contribution in [0.15, 0.2) is 34.8 Å². The summed E-state index contributed by atoms with van der Waals surface area (Å²) in [5, 5.41) is 12.1. The van der Waals surface area contributed by atoms with Gasteiger partial charge in [0, 0.05) is 22.6 Å². The van der Waals surface area contributed by atoms with Crippen molar-refractivity contribution in [2.45, 2.75) is 32.9 Å². The largest absolute Gasteiger partial charge is 0.436 e. The van der Waals surface area contributed by atoms with Crippen molar-refractivity contribution in [3.63, 3.8) is 0 Å². The van der Waals surface area contributed by atoms with Gasteiger partial charge in [-0.15, -0.1) is 5.10 Å². The van der Waals surface area contributed by atoms with Crippen molar-refractivity contribution in [2.75, 3.05) is 0 Å². The zero-order valence-electron chi connectivity index (χ0n) is 12.2. The molecule has 1 N–H and O–H groups in total. The molecule has 4 nitrogen and oxygen atoms in total. The molecule has 0 saturated heterocycles. The van der Waals surface area contributed by atoms with E-state index in [2.05, 4.69) is 52.2 Å². The number of nitrogens with one attached hydrogen (secondary N) is 1. The number of hydrogen-bond donors (Lipinski definition) is 1. The maximum absolute atomic E-state index is 6.10. The summed E-state index contributed by atoms with van der Waals surface area (Å²) in [5.41, 5.74) is 0.904. The molecule has 112 valence electrons. The maximum Gasteiger partial charge on any atom is 0.238 e. The van der Waals surface area contributed by atoms with Gasteiger partial charge >= 0.3 is 0 Å². The molecule has 1 heterocycles. The van der Waals surface area contributed by atoms with Crippen LogP contribution >= 0.6 is 27.5 Å². The van der Waals surface area contributed by atoms with Crippen molar-refractivity contribution in [1.82, 2.24) is 15.5 Å². The summed E-state index contributed by atoms with van der Waals surface area (Å²) in [6, 6.07) is 9.07. The Hall–Kier alpha value is -1.17. The quantitative estimate of drug-likeness (QED) is 0.856. The average molecular weight is 371 g/mol. The lowest BCUT2D eigenvalue weighted by molar-refractivity contribution is 0.416. The molecule has 0 saturated carbocycles. The first kappa shape index (κ1) is 16.2. The highest BCUT2D eigenvalue weighted by Crippen LogP contribution is 2.30. The second-order valence-electron chi connectivity index (χ2n) is 5.64. The number of rotatable bonds is 4. The lowest BCUT2D eigenvalue weighted by atomic mass is 10.1. The van der Waals surface area contributed by atoms with Gasteiger partial charge in [-0.3, -0.25) is 0 Å². The molecule has 2 rings (SSSR count). The van der Waals surface area contributed by atoms with Crippen LogP contribution in [0.4, 0.5) is 0 Å². The molecule has 1 aromatic carbocycles. The summed E-state index contributed by atoms with van der Waals surface area (Å²) in [7, 11) is 0. The smallest absolute Gasteiger partial charge is 0.238 e. The van der Waals surface area contributed by atoms with Gasteiger partial charge in [-0.25, -0.2) is 0 Å². The van der Waals surface area contributed by atoms with Crippen molar-refractivity contribution in [3.05, 3.63) is 45.5 Å². The van der Waals surface area contributed by atoms with E-state index in [0.29, 0.717) is 23.2 Å². The Balaban J connectivity index is 2.02. The molecule has 2 aromatic rings. The Labute approximate surface area is 138 Å². The fraction of sp³-hybridized carbons (Fsp3) is 0.333. The zero-order valence-corrected chi connectivity index (χ0v) is 14.5. The summed E-state index contributed by atoms with van der Waals surface area (Å²) in [6.45, 7) is 6.98. The molecule has 0 unspecified atom stereocenters. The maximum atomic E-state index is 6.10. The zero-order chi connectivity index (χ0) is 15.5. The third-order valence-corrected chi connectivity index (χ3v) is 3.39. The predicted molar refractivity (Wildman–Crippen MR) is 87.9 cm³/mol. The minimum Gasteiger partial charge on any atom is -0.436 e. The van der Waals surface area contributed by atoms with Crippen molar-refractivity contribution < 1.29 is 4.74 Å². The van der Waals surface area contributed by atoms with Gasteiger partial charge in [0.1, 0.15) is 5.75 Å². The van der Waals surface area contributed by atoms with Gasteiger partial charge in [0.05, 0.1) is 10.7 Å². The number of ether oxygens (including phenoxy) is 1. The van der Waals surface area contributed by atoms with E-state index < -0.39 is 0 Å². The van der Waals surface area contributed by atoms with Gasteiger partial charge in [0.2, 0.25) is 5.88 Å². The lowest BCUT2D eigenvalue weighted by Gasteiger charge is -2.19. The molecular formula is C15H17BrClN3O. The first-order valence-electron chi connectivity index (χ1n) is 6.54. The number of benzene rings is 1.